The molecule has 1 heterocycles. The summed E-state index contributed by atoms with van der Waals surface area (Å²) < 4.78 is 26.9. The number of nitrogen functional groups attached to an aromatic ring is 1. The number of anilines is 1. The molecule has 0 fully saturated rings. The zero-order chi connectivity index (χ0) is 13.3. The van der Waals surface area contributed by atoms with E-state index >= 15 is 0 Å². The molecule has 2 aromatic rings. The molecule has 18 heavy (non-hydrogen) atoms. The summed E-state index contributed by atoms with van der Waals surface area (Å²) in [6.07, 6.45) is 0. The van der Waals surface area contributed by atoms with Crippen LogP contribution in [0.2, 0.25) is 0 Å². The number of benzene rings is 1. The first-order valence-electron chi connectivity index (χ1n) is 5.58. The fourth-order valence-electron chi connectivity index (χ4n) is 1.58. The summed E-state index contributed by atoms with van der Waals surface area (Å²) in [7, 11) is 0. The lowest BCUT2D eigenvalue weighted by Crippen LogP contribution is -2.03. The Bertz CT molecular complexity index is 582. The zero-order valence-corrected chi connectivity index (χ0v) is 10.1. The highest BCUT2D eigenvalue weighted by atomic mass is 19.2. The van der Waals surface area contributed by atoms with Crippen molar-refractivity contribution in [3.63, 3.8) is 0 Å². The van der Waals surface area contributed by atoms with E-state index in [4.69, 9.17) is 5.73 Å². The Hall–Kier alpha value is -2.04. The fraction of sp³-hybridized carbons (Fsp3) is 0.231. The summed E-state index contributed by atoms with van der Waals surface area (Å²) in [5.41, 5.74) is 6.04. The molecule has 0 saturated carbocycles. The van der Waals surface area contributed by atoms with Gasteiger partial charge in [0.05, 0.1) is 5.69 Å². The van der Waals surface area contributed by atoms with E-state index < -0.39 is 11.6 Å². The van der Waals surface area contributed by atoms with E-state index in [0.717, 1.165) is 6.07 Å². The average Bonchev–Trinajstić information content (AvgIpc) is 2.31. The van der Waals surface area contributed by atoms with Gasteiger partial charge in [-0.1, -0.05) is 19.9 Å². The van der Waals surface area contributed by atoms with Gasteiger partial charge in [-0.15, -0.1) is 0 Å². The summed E-state index contributed by atoms with van der Waals surface area (Å²) >= 11 is 0. The average molecular weight is 249 g/mol. The lowest BCUT2D eigenvalue weighted by atomic mass is 10.1. The summed E-state index contributed by atoms with van der Waals surface area (Å²) in [6.45, 7) is 3.81. The molecular weight excluding hydrogens is 236 g/mol. The van der Waals surface area contributed by atoms with Crippen LogP contribution in [0.15, 0.2) is 24.3 Å². The van der Waals surface area contributed by atoms with Crippen LogP contribution >= 0.6 is 0 Å². The molecule has 0 radical (unpaired) electrons. The Morgan fingerprint density at radius 3 is 2.56 bits per heavy atom. The van der Waals surface area contributed by atoms with Crippen LogP contribution < -0.4 is 5.73 Å². The molecule has 0 atom stereocenters. The van der Waals surface area contributed by atoms with Crippen LogP contribution in [-0.4, -0.2) is 9.97 Å². The number of nitrogens with zero attached hydrogens (tertiary/aromatic N) is 2. The molecule has 1 aromatic heterocycles. The van der Waals surface area contributed by atoms with Crippen molar-refractivity contribution in [2.24, 2.45) is 0 Å². The van der Waals surface area contributed by atoms with Crippen molar-refractivity contribution in [3.05, 3.63) is 41.7 Å². The summed E-state index contributed by atoms with van der Waals surface area (Å²) in [6, 6.07) is 5.39. The minimum Gasteiger partial charge on any atom is -0.384 e. The van der Waals surface area contributed by atoms with Crippen LogP contribution in [-0.2, 0) is 0 Å². The normalized spacial score (nSPS) is 10.9. The SMILES string of the molecule is CC(C)c1nc(N)cc(-c2cccc(F)c2F)n1. The van der Waals surface area contributed by atoms with Gasteiger partial charge in [0, 0.05) is 17.5 Å². The fourth-order valence-corrected chi connectivity index (χ4v) is 1.58. The van der Waals surface area contributed by atoms with Gasteiger partial charge in [-0.2, -0.15) is 0 Å². The standard InChI is InChI=1S/C13H13F2N3/c1-7(2)13-17-10(6-11(16)18-13)8-4-3-5-9(14)12(8)15/h3-7H,1-2H3,(H2,16,17,18). The molecule has 5 heteroatoms. The van der Waals surface area contributed by atoms with Crippen molar-refractivity contribution >= 4 is 5.82 Å². The summed E-state index contributed by atoms with van der Waals surface area (Å²) in [5, 5.41) is 0. The van der Waals surface area contributed by atoms with Crippen LogP contribution in [0.3, 0.4) is 0 Å². The van der Waals surface area contributed by atoms with Gasteiger partial charge in [-0.25, -0.2) is 18.7 Å². The largest absolute Gasteiger partial charge is 0.384 e. The van der Waals surface area contributed by atoms with E-state index in [1.807, 2.05) is 13.8 Å². The molecule has 2 rings (SSSR count). The number of hydrogen-bond acceptors (Lipinski definition) is 3. The first-order valence-corrected chi connectivity index (χ1v) is 5.58. The lowest BCUT2D eigenvalue weighted by Gasteiger charge is -2.09. The smallest absolute Gasteiger partial charge is 0.168 e. The van der Waals surface area contributed by atoms with Crippen LogP contribution in [0.1, 0.15) is 25.6 Å². The molecule has 94 valence electrons. The minimum atomic E-state index is -0.926. The van der Waals surface area contributed by atoms with Crippen LogP contribution in [0.25, 0.3) is 11.3 Å². The number of aromatic nitrogens is 2. The Kier molecular flexibility index (Phi) is 3.23. The van der Waals surface area contributed by atoms with E-state index in [2.05, 4.69) is 9.97 Å². The van der Waals surface area contributed by atoms with Gasteiger partial charge < -0.3 is 5.73 Å². The Balaban J connectivity index is 2.60. The first kappa shape index (κ1) is 12.4. The lowest BCUT2D eigenvalue weighted by molar-refractivity contribution is 0.511. The molecule has 1 aromatic carbocycles. The molecule has 0 aliphatic rings. The van der Waals surface area contributed by atoms with Crippen LogP contribution in [0.4, 0.5) is 14.6 Å². The zero-order valence-electron chi connectivity index (χ0n) is 10.1. The molecule has 0 spiro atoms. The van der Waals surface area contributed by atoms with E-state index in [1.165, 1.54) is 18.2 Å². The molecule has 0 unspecified atom stereocenters. The molecule has 3 nitrogen and oxygen atoms in total. The van der Waals surface area contributed by atoms with Crippen LogP contribution in [0, 0.1) is 11.6 Å². The third-order valence-corrected chi connectivity index (χ3v) is 2.51. The van der Waals surface area contributed by atoms with Crippen LogP contribution in [0.5, 0.6) is 0 Å². The maximum Gasteiger partial charge on any atom is 0.168 e. The summed E-state index contributed by atoms with van der Waals surface area (Å²) in [5.74, 6) is -1.02. The first-order chi connectivity index (χ1) is 8.49. The third-order valence-electron chi connectivity index (χ3n) is 2.51. The van der Waals surface area contributed by atoms with E-state index in [9.17, 15) is 8.78 Å². The van der Waals surface area contributed by atoms with Gasteiger partial charge in [-0.3, -0.25) is 0 Å². The van der Waals surface area contributed by atoms with Gasteiger partial charge in [-0.05, 0) is 12.1 Å². The molecule has 0 amide bonds. The molecular formula is C13H13F2N3. The van der Waals surface area contributed by atoms with Crippen molar-refractivity contribution in [2.45, 2.75) is 19.8 Å². The number of rotatable bonds is 2. The molecule has 0 aliphatic heterocycles. The van der Waals surface area contributed by atoms with E-state index in [-0.39, 0.29) is 17.3 Å². The molecule has 2 N–H and O–H groups in total. The second-order valence-electron chi connectivity index (χ2n) is 4.29. The van der Waals surface area contributed by atoms with Gasteiger partial charge in [0.2, 0.25) is 0 Å². The third kappa shape index (κ3) is 2.30. The maximum atomic E-state index is 13.7. The molecule has 0 aliphatic carbocycles. The van der Waals surface area contributed by atoms with Crippen molar-refractivity contribution in [3.8, 4) is 11.3 Å². The van der Waals surface area contributed by atoms with Gasteiger partial charge >= 0.3 is 0 Å². The second-order valence-corrected chi connectivity index (χ2v) is 4.29. The number of nitrogens with two attached hydrogens (primary N) is 1. The Morgan fingerprint density at radius 1 is 1.17 bits per heavy atom. The van der Waals surface area contributed by atoms with Crippen molar-refractivity contribution in [1.82, 2.24) is 9.97 Å². The number of halogens is 2. The van der Waals surface area contributed by atoms with E-state index in [0.29, 0.717) is 11.5 Å². The maximum absolute atomic E-state index is 13.7. The van der Waals surface area contributed by atoms with Crippen molar-refractivity contribution in [2.75, 3.05) is 5.73 Å². The second kappa shape index (κ2) is 4.68. The van der Waals surface area contributed by atoms with Gasteiger partial charge in [0.15, 0.2) is 11.6 Å². The monoisotopic (exact) mass is 249 g/mol. The quantitative estimate of drug-likeness (QED) is 0.889. The summed E-state index contributed by atoms with van der Waals surface area (Å²) in [4.78, 5) is 8.27. The predicted octanol–water partition coefficient (Wildman–Crippen LogP) is 3.13. The van der Waals surface area contributed by atoms with Crippen molar-refractivity contribution in [1.29, 1.82) is 0 Å². The van der Waals surface area contributed by atoms with E-state index in [1.54, 1.807) is 0 Å². The minimum absolute atomic E-state index is 0.0591. The predicted molar refractivity (Wildman–Crippen MR) is 65.9 cm³/mol. The highest BCUT2D eigenvalue weighted by Crippen LogP contribution is 2.25. The van der Waals surface area contributed by atoms with Gasteiger partial charge in [0.25, 0.3) is 0 Å². The Labute approximate surface area is 104 Å². The van der Waals surface area contributed by atoms with Crippen molar-refractivity contribution < 1.29 is 8.78 Å². The topological polar surface area (TPSA) is 51.8 Å². The molecule has 0 saturated heterocycles. The highest BCUT2D eigenvalue weighted by molar-refractivity contribution is 5.62. The highest BCUT2D eigenvalue weighted by Gasteiger charge is 2.13. The van der Waals surface area contributed by atoms with Gasteiger partial charge in [0.1, 0.15) is 11.6 Å². The Morgan fingerprint density at radius 2 is 1.89 bits per heavy atom. The molecule has 0 bridgehead atoms. The number of hydrogen-bond donors (Lipinski definition) is 1.